The molecule has 7 aliphatic rings. The van der Waals surface area contributed by atoms with Crippen molar-refractivity contribution < 1.29 is 34.4 Å². The Hall–Kier alpha value is -0.560. The molecule has 12 unspecified atom stereocenters. The molecule has 218 valence electrons. The smallest absolute Gasteiger partial charge is 0.230 e. The first-order chi connectivity index (χ1) is 18.8. The van der Waals surface area contributed by atoms with Gasteiger partial charge in [0.25, 0.3) is 0 Å². The van der Waals surface area contributed by atoms with Gasteiger partial charge < -0.3 is 30.1 Å². The number of nitrogens with zero attached hydrogens (tertiary/aromatic N) is 1. The highest BCUT2D eigenvalue weighted by atomic mass is 35.5. The van der Waals surface area contributed by atoms with Crippen molar-refractivity contribution in [1.29, 1.82) is 0 Å². The number of hydrogen-bond acceptors (Lipinski definition) is 9. The molecule has 0 spiro atoms. The lowest BCUT2D eigenvalue weighted by atomic mass is 9.57. The molecule has 39 heavy (non-hydrogen) atoms. The first-order valence-electron chi connectivity index (χ1n) is 14.6. The predicted molar refractivity (Wildman–Crippen MR) is 140 cm³/mol. The van der Waals surface area contributed by atoms with Crippen LogP contribution in [0.4, 0.5) is 0 Å². The van der Waals surface area contributed by atoms with Crippen LogP contribution in [0.1, 0.15) is 38.5 Å². The normalized spacial score (nSPS) is 56.8. The number of aliphatic hydroxyl groups excluding tert-OH is 3. The quantitative estimate of drug-likeness (QED) is 0.224. The molecule has 17 atom stereocenters. The molecule has 0 radical (unpaired) electrons. The van der Waals surface area contributed by atoms with Gasteiger partial charge in [-0.1, -0.05) is 12.8 Å². The number of halogens is 2. The average Bonchev–Trinajstić information content (AvgIpc) is 3.56. The molecular formula is C27H39Cl2N3O7. The van der Waals surface area contributed by atoms with Gasteiger partial charge in [-0.2, -0.15) is 0 Å². The number of fused-ring (bicyclic) bond motifs is 10. The maximum Gasteiger partial charge on any atom is 0.230 e. The van der Waals surface area contributed by atoms with E-state index in [-0.39, 0.29) is 77.0 Å². The molecule has 0 aromatic carbocycles. The summed E-state index contributed by atoms with van der Waals surface area (Å²) in [6.07, 6.45) is 0.0792. The highest BCUT2D eigenvalue weighted by Crippen LogP contribution is 2.61. The Morgan fingerprint density at radius 3 is 2.28 bits per heavy atom. The van der Waals surface area contributed by atoms with Crippen LogP contribution in [0.5, 0.6) is 0 Å². The van der Waals surface area contributed by atoms with E-state index in [0.29, 0.717) is 0 Å². The third kappa shape index (κ3) is 3.79. The fourth-order valence-corrected chi connectivity index (χ4v) is 11.1. The number of hydrogen-bond donors (Lipinski definition) is 5. The average molecular weight is 589 g/mol. The number of ether oxygens (including phenoxy) is 2. The van der Waals surface area contributed by atoms with E-state index in [1.807, 2.05) is 0 Å². The molecular weight excluding hydrogens is 549 g/mol. The van der Waals surface area contributed by atoms with Crippen molar-refractivity contribution in [2.24, 2.45) is 35.5 Å². The number of aliphatic hydroxyl groups is 3. The summed E-state index contributed by atoms with van der Waals surface area (Å²) in [4.78, 5) is 29.0. The summed E-state index contributed by atoms with van der Waals surface area (Å²) in [6.45, 7) is -0.386. The van der Waals surface area contributed by atoms with Gasteiger partial charge in [0.05, 0.1) is 18.4 Å². The van der Waals surface area contributed by atoms with Crippen LogP contribution < -0.4 is 10.6 Å². The topological polar surface area (TPSA) is 141 Å². The largest absolute Gasteiger partial charge is 0.394 e. The van der Waals surface area contributed by atoms with E-state index in [0.717, 1.165) is 38.5 Å². The zero-order valence-corrected chi connectivity index (χ0v) is 23.5. The zero-order chi connectivity index (χ0) is 27.3. The number of carbonyl (C=O) groups is 2. The summed E-state index contributed by atoms with van der Waals surface area (Å²) in [5.41, 5.74) is 0. The van der Waals surface area contributed by atoms with Crippen LogP contribution in [0.25, 0.3) is 0 Å². The van der Waals surface area contributed by atoms with Crippen LogP contribution in [0.2, 0.25) is 0 Å². The first-order valence-corrected chi connectivity index (χ1v) is 15.5. The lowest BCUT2D eigenvalue weighted by molar-refractivity contribution is -0.279. The third-order valence-corrected chi connectivity index (χ3v) is 12.4. The minimum atomic E-state index is -1.32. The molecule has 7 rings (SSSR count). The SMILES string of the molecule is CO[C@H]1[C@H](O)[C@@H](O)[C@H](N2C3C(Cl)CCCC3C3C4C(=O)NC(=O)C4C4C5CCCC(Cl)C5NC4C32)O[C@@H]1CO. The van der Waals surface area contributed by atoms with Crippen LogP contribution in [0, 0.1) is 35.5 Å². The molecule has 0 bridgehead atoms. The van der Waals surface area contributed by atoms with Gasteiger partial charge in [-0.05, 0) is 49.4 Å². The zero-order valence-electron chi connectivity index (χ0n) is 21.9. The summed E-state index contributed by atoms with van der Waals surface area (Å²) in [7, 11) is 1.42. The highest BCUT2D eigenvalue weighted by molar-refractivity contribution is 6.21. The number of imide groups is 1. The van der Waals surface area contributed by atoms with Gasteiger partial charge in [0.2, 0.25) is 11.8 Å². The van der Waals surface area contributed by atoms with Gasteiger partial charge >= 0.3 is 0 Å². The molecule has 12 heteroatoms. The summed E-state index contributed by atoms with van der Waals surface area (Å²) in [5, 5.41) is 38.9. The third-order valence-electron chi connectivity index (χ3n) is 11.4. The van der Waals surface area contributed by atoms with E-state index in [1.54, 1.807) is 0 Å². The van der Waals surface area contributed by atoms with E-state index < -0.39 is 42.5 Å². The van der Waals surface area contributed by atoms with Gasteiger partial charge in [-0.3, -0.25) is 19.8 Å². The number of nitrogens with one attached hydrogen (secondary N) is 2. The Labute approximate surface area is 238 Å². The van der Waals surface area contributed by atoms with Crippen molar-refractivity contribution in [2.75, 3.05) is 13.7 Å². The Kier molecular flexibility index (Phi) is 7.01. The second kappa shape index (κ2) is 10.0. The maximum atomic E-state index is 13.5. The van der Waals surface area contributed by atoms with Crippen molar-refractivity contribution in [3.05, 3.63) is 0 Å². The molecule has 10 nitrogen and oxygen atoms in total. The molecule has 3 aliphatic carbocycles. The minimum absolute atomic E-state index is 0.0215. The molecule has 4 saturated heterocycles. The van der Waals surface area contributed by atoms with Crippen molar-refractivity contribution in [2.45, 2.75) is 104 Å². The van der Waals surface area contributed by atoms with Crippen LogP contribution in [-0.2, 0) is 19.1 Å². The maximum absolute atomic E-state index is 13.5. The predicted octanol–water partition coefficient (Wildman–Crippen LogP) is -0.217. The fraction of sp³-hybridized carbons (Fsp3) is 0.926. The molecule has 5 N–H and O–H groups in total. The molecule has 3 saturated carbocycles. The summed E-state index contributed by atoms with van der Waals surface area (Å²) in [5.74, 6) is -1.37. The fourth-order valence-electron chi connectivity index (χ4n) is 10.2. The van der Waals surface area contributed by atoms with Gasteiger partial charge in [-0.25, -0.2) is 0 Å². The molecule has 2 amide bonds. The van der Waals surface area contributed by atoms with Gasteiger partial charge in [-0.15, -0.1) is 23.2 Å². The number of carbonyl (C=O) groups excluding carboxylic acids is 2. The molecule has 0 aromatic rings. The van der Waals surface area contributed by atoms with Crippen molar-refractivity contribution in [1.82, 2.24) is 15.5 Å². The molecule has 0 aromatic heterocycles. The monoisotopic (exact) mass is 587 g/mol. The van der Waals surface area contributed by atoms with E-state index in [1.165, 1.54) is 7.11 Å². The Balaban J connectivity index is 1.36. The molecule has 4 aliphatic heterocycles. The number of rotatable bonds is 3. The van der Waals surface area contributed by atoms with Crippen LogP contribution in [-0.4, -0.2) is 111 Å². The summed E-state index contributed by atoms with van der Waals surface area (Å²) >= 11 is 14.0. The summed E-state index contributed by atoms with van der Waals surface area (Å²) < 4.78 is 11.8. The van der Waals surface area contributed by atoms with Gasteiger partial charge in [0.15, 0.2) is 0 Å². The highest BCUT2D eigenvalue weighted by Gasteiger charge is 2.72. The van der Waals surface area contributed by atoms with Crippen LogP contribution in [0.3, 0.4) is 0 Å². The lowest BCUT2D eigenvalue weighted by Crippen LogP contribution is -2.69. The Morgan fingerprint density at radius 1 is 0.923 bits per heavy atom. The van der Waals surface area contributed by atoms with Gasteiger partial charge in [0, 0.05) is 42.0 Å². The van der Waals surface area contributed by atoms with E-state index in [4.69, 9.17) is 32.7 Å². The second-order valence-electron chi connectivity index (χ2n) is 12.9. The van der Waals surface area contributed by atoms with Crippen molar-refractivity contribution in [3.63, 3.8) is 0 Å². The number of amides is 2. The molecule has 4 heterocycles. The number of alkyl halides is 2. The minimum Gasteiger partial charge on any atom is -0.394 e. The first kappa shape index (κ1) is 27.3. The van der Waals surface area contributed by atoms with E-state index in [9.17, 15) is 24.9 Å². The number of likely N-dealkylation sites (tertiary alicyclic amines) is 1. The van der Waals surface area contributed by atoms with E-state index >= 15 is 0 Å². The Bertz CT molecular complexity index is 1010. The number of methoxy groups -OCH3 is 1. The summed E-state index contributed by atoms with van der Waals surface area (Å²) in [6, 6.07) is -0.611. The van der Waals surface area contributed by atoms with E-state index in [2.05, 4.69) is 15.5 Å². The van der Waals surface area contributed by atoms with Gasteiger partial charge in [0.1, 0.15) is 30.6 Å². The lowest BCUT2D eigenvalue weighted by Gasteiger charge is -2.52. The standard InChI is InChI=1S/C27H39Cl2N3O7/c1-38-24-13(8-33)39-27(23(35)22(24)34)32-20-10(5-3-7-12(20)29)15-17-16(25(36)31-26(17)37)14-9-4-2-6-11(28)18(9)30-19(14)21(15)32/h9-24,27,30,33-35H,2-8H2,1H3,(H,31,36,37)/t9?,10?,11?,12?,13-,14?,15?,16?,17?,18?,19?,20?,21?,22-,23-,24-,27-/m1/s1. The second-order valence-corrected chi connectivity index (χ2v) is 14.0. The van der Waals surface area contributed by atoms with Crippen LogP contribution in [0.15, 0.2) is 0 Å². The molecule has 7 fully saturated rings. The van der Waals surface area contributed by atoms with Crippen molar-refractivity contribution >= 4 is 35.0 Å². The van der Waals surface area contributed by atoms with Crippen LogP contribution >= 0.6 is 23.2 Å². The van der Waals surface area contributed by atoms with Crippen molar-refractivity contribution in [3.8, 4) is 0 Å². The Morgan fingerprint density at radius 2 is 1.59 bits per heavy atom.